The predicted octanol–water partition coefficient (Wildman–Crippen LogP) is 3.90. The molecule has 0 aliphatic carbocycles. The van der Waals surface area contributed by atoms with E-state index in [1.54, 1.807) is 9.80 Å². The van der Waals surface area contributed by atoms with Crippen LogP contribution in [0.15, 0.2) is 62.9 Å². The van der Waals surface area contributed by atoms with Crippen LogP contribution in [0, 0.1) is 11.6 Å². The number of aromatic nitrogens is 1. The topological polar surface area (TPSA) is 83.7 Å². The Labute approximate surface area is 190 Å². The van der Waals surface area contributed by atoms with Gasteiger partial charge in [0, 0.05) is 38.2 Å². The molecule has 10 heteroatoms. The number of anilines is 1. The number of hydrogen-bond acceptors (Lipinski definition) is 6. The number of rotatable bonds is 6. The van der Waals surface area contributed by atoms with Crippen LogP contribution in [0.2, 0.25) is 0 Å². The summed E-state index contributed by atoms with van der Waals surface area (Å²) in [6, 6.07) is 9.81. The van der Waals surface area contributed by atoms with Gasteiger partial charge in [-0.25, -0.2) is 17.2 Å². The molecule has 0 radical (unpaired) electrons. The molecule has 1 amide bonds. The average Bonchev–Trinajstić information content (AvgIpc) is 3.26. The molecule has 1 saturated heterocycles. The van der Waals surface area contributed by atoms with Crippen molar-refractivity contribution in [2.75, 3.05) is 31.1 Å². The van der Waals surface area contributed by atoms with Crippen molar-refractivity contribution in [3.63, 3.8) is 0 Å². The second-order valence-corrected chi connectivity index (χ2v) is 9.58. The van der Waals surface area contributed by atoms with Crippen molar-refractivity contribution < 1.29 is 26.4 Å². The van der Waals surface area contributed by atoms with Gasteiger partial charge in [0.2, 0.25) is 32.5 Å². The van der Waals surface area contributed by atoms with Gasteiger partial charge in [0.15, 0.2) is 0 Å². The number of benzene rings is 2. The molecule has 0 atom stereocenters. The fraction of sp³-hybridized carbons (Fsp3) is 0.304. The SMILES string of the molecule is CCCC(=O)N1CCN(c2oc(-c3ccc(F)cc3)nc2S(=O)(=O)c2ccc(F)cc2)CC1. The van der Waals surface area contributed by atoms with Crippen molar-refractivity contribution in [2.45, 2.75) is 29.7 Å². The molecule has 0 spiro atoms. The zero-order chi connectivity index (χ0) is 23.6. The fourth-order valence-corrected chi connectivity index (χ4v) is 4.97. The van der Waals surface area contributed by atoms with E-state index in [0.717, 1.165) is 18.6 Å². The molecule has 174 valence electrons. The van der Waals surface area contributed by atoms with Crippen molar-refractivity contribution in [1.82, 2.24) is 9.88 Å². The van der Waals surface area contributed by atoms with Gasteiger partial charge in [-0.15, -0.1) is 0 Å². The largest absolute Gasteiger partial charge is 0.419 e. The molecule has 0 unspecified atom stereocenters. The van der Waals surface area contributed by atoms with Crippen LogP contribution >= 0.6 is 0 Å². The van der Waals surface area contributed by atoms with Gasteiger partial charge >= 0.3 is 0 Å². The van der Waals surface area contributed by atoms with Crippen LogP contribution in [0.1, 0.15) is 19.8 Å². The highest BCUT2D eigenvalue weighted by Gasteiger charge is 2.33. The van der Waals surface area contributed by atoms with Crippen molar-refractivity contribution in [3.8, 4) is 11.5 Å². The number of carbonyl (C=O) groups is 1. The number of oxazole rings is 1. The molecule has 7 nitrogen and oxygen atoms in total. The molecule has 2 heterocycles. The molecular formula is C23H23F2N3O4S. The molecule has 1 fully saturated rings. The van der Waals surface area contributed by atoms with Crippen LogP contribution in [-0.4, -0.2) is 50.4 Å². The van der Waals surface area contributed by atoms with E-state index >= 15 is 0 Å². The first kappa shape index (κ1) is 22.9. The number of halogens is 2. The summed E-state index contributed by atoms with van der Waals surface area (Å²) in [5, 5.41) is -0.304. The van der Waals surface area contributed by atoms with Crippen LogP contribution in [0.3, 0.4) is 0 Å². The Morgan fingerprint density at radius 1 is 0.970 bits per heavy atom. The normalized spacial score (nSPS) is 14.5. The highest BCUT2D eigenvalue weighted by molar-refractivity contribution is 7.91. The zero-order valence-corrected chi connectivity index (χ0v) is 18.8. The number of hydrogen-bond donors (Lipinski definition) is 0. The van der Waals surface area contributed by atoms with Crippen LogP contribution in [0.5, 0.6) is 0 Å². The Hall–Kier alpha value is -3.27. The van der Waals surface area contributed by atoms with E-state index in [0.29, 0.717) is 38.2 Å². The van der Waals surface area contributed by atoms with Gasteiger partial charge in [0.25, 0.3) is 0 Å². The van der Waals surface area contributed by atoms with Gasteiger partial charge in [-0.1, -0.05) is 6.92 Å². The number of piperazine rings is 1. The Kier molecular flexibility index (Phi) is 6.46. The first-order valence-electron chi connectivity index (χ1n) is 10.6. The van der Waals surface area contributed by atoms with Gasteiger partial charge in [0.05, 0.1) is 4.90 Å². The molecule has 33 heavy (non-hydrogen) atoms. The Morgan fingerprint density at radius 2 is 1.55 bits per heavy atom. The molecule has 0 saturated carbocycles. The third-order valence-corrected chi connectivity index (χ3v) is 7.10. The first-order valence-corrected chi connectivity index (χ1v) is 12.1. The summed E-state index contributed by atoms with van der Waals surface area (Å²) in [5.41, 5.74) is 0.412. The lowest BCUT2D eigenvalue weighted by Crippen LogP contribution is -2.48. The van der Waals surface area contributed by atoms with Crippen LogP contribution in [0.4, 0.5) is 14.7 Å². The highest BCUT2D eigenvalue weighted by Crippen LogP contribution is 2.35. The van der Waals surface area contributed by atoms with E-state index in [9.17, 15) is 22.0 Å². The lowest BCUT2D eigenvalue weighted by atomic mass is 10.2. The Balaban J connectivity index is 1.72. The van der Waals surface area contributed by atoms with Crippen LogP contribution in [-0.2, 0) is 14.6 Å². The lowest BCUT2D eigenvalue weighted by Gasteiger charge is -2.34. The summed E-state index contributed by atoms with van der Waals surface area (Å²) < 4.78 is 59.4. The maximum atomic E-state index is 13.4. The van der Waals surface area contributed by atoms with Gasteiger partial charge in [-0.05, 0) is 55.0 Å². The third-order valence-electron chi connectivity index (χ3n) is 5.43. The molecule has 4 rings (SSSR count). The molecule has 0 N–H and O–H groups in total. The molecule has 0 bridgehead atoms. The van der Waals surface area contributed by atoms with Crippen LogP contribution in [0.25, 0.3) is 11.5 Å². The lowest BCUT2D eigenvalue weighted by molar-refractivity contribution is -0.131. The molecule has 3 aromatic rings. The van der Waals surface area contributed by atoms with Gasteiger partial charge in [-0.2, -0.15) is 4.98 Å². The molecule has 2 aromatic carbocycles. The standard InChI is InChI=1S/C23H23F2N3O4S/c1-2-3-20(29)27-12-14-28(15-13-27)23-22(33(30,31)19-10-8-18(25)9-11-19)26-21(32-23)16-4-6-17(24)7-5-16/h4-11H,2-3,12-15H2,1H3. The molecular weight excluding hydrogens is 452 g/mol. The number of nitrogens with zero attached hydrogens (tertiary/aromatic N) is 3. The molecule has 1 aliphatic heterocycles. The summed E-state index contributed by atoms with van der Waals surface area (Å²) in [6.45, 7) is 3.49. The van der Waals surface area contributed by atoms with E-state index in [-0.39, 0.29) is 27.6 Å². The molecule has 1 aliphatic rings. The van der Waals surface area contributed by atoms with Crippen molar-refractivity contribution in [3.05, 3.63) is 60.2 Å². The minimum atomic E-state index is -4.14. The van der Waals surface area contributed by atoms with Gasteiger partial charge in [-0.3, -0.25) is 4.79 Å². The van der Waals surface area contributed by atoms with Crippen molar-refractivity contribution in [2.24, 2.45) is 0 Å². The van der Waals surface area contributed by atoms with Crippen LogP contribution < -0.4 is 4.90 Å². The van der Waals surface area contributed by atoms with E-state index < -0.39 is 21.5 Å². The summed E-state index contributed by atoms with van der Waals surface area (Å²) in [4.78, 5) is 19.8. The summed E-state index contributed by atoms with van der Waals surface area (Å²) in [5.74, 6) is -0.885. The number of amides is 1. The quantitative estimate of drug-likeness (QED) is 0.503. The molecule has 1 aromatic heterocycles. The average molecular weight is 476 g/mol. The van der Waals surface area contributed by atoms with E-state index in [2.05, 4.69) is 4.98 Å². The van der Waals surface area contributed by atoms with Gasteiger partial charge < -0.3 is 14.2 Å². The zero-order valence-electron chi connectivity index (χ0n) is 18.0. The van der Waals surface area contributed by atoms with E-state index in [1.807, 2.05) is 6.92 Å². The van der Waals surface area contributed by atoms with E-state index in [1.165, 1.54) is 36.4 Å². The summed E-state index contributed by atoms with van der Waals surface area (Å²) >= 11 is 0. The maximum absolute atomic E-state index is 13.4. The monoisotopic (exact) mass is 475 g/mol. The summed E-state index contributed by atoms with van der Waals surface area (Å²) in [7, 11) is -4.14. The second kappa shape index (κ2) is 9.30. The third kappa shape index (κ3) is 4.75. The second-order valence-electron chi connectivity index (χ2n) is 7.71. The number of carbonyl (C=O) groups excluding carboxylic acids is 1. The maximum Gasteiger partial charge on any atom is 0.236 e. The Bertz CT molecular complexity index is 1230. The van der Waals surface area contributed by atoms with Crippen molar-refractivity contribution in [1.29, 1.82) is 0 Å². The first-order chi connectivity index (χ1) is 15.8. The Morgan fingerprint density at radius 3 is 2.12 bits per heavy atom. The summed E-state index contributed by atoms with van der Waals surface area (Å²) in [6.07, 6.45) is 1.21. The predicted molar refractivity (Wildman–Crippen MR) is 117 cm³/mol. The minimum Gasteiger partial charge on any atom is -0.419 e. The highest BCUT2D eigenvalue weighted by atomic mass is 32.2. The number of sulfone groups is 1. The van der Waals surface area contributed by atoms with Crippen molar-refractivity contribution >= 4 is 21.6 Å². The fourth-order valence-electron chi connectivity index (χ4n) is 3.65. The minimum absolute atomic E-state index is 0.0233. The smallest absolute Gasteiger partial charge is 0.236 e. The van der Waals surface area contributed by atoms with E-state index in [4.69, 9.17) is 4.42 Å². The van der Waals surface area contributed by atoms with Gasteiger partial charge in [0.1, 0.15) is 11.6 Å².